The molecule has 22 heavy (non-hydrogen) atoms. The van der Waals surface area contributed by atoms with Crippen molar-refractivity contribution in [2.75, 3.05) is 5.32 Å². The number of carboxylic acids is 1. The summed E-state index contributed by atoms with van der Waals surface area (Å²) in [6.07, 6.45) is 0. The van der Waals surface area contributed by atoms with E-state index >= 15 is 0 Å². The maximum atomic E-state index is 11.8. The van der Waals surface area contributed by atoms with Crippen molar-refractivity contribution in [1.29, 1.82) is 0 Å². The van der Waals surface area contributed by atoms with Crippen LogP contribution >= 0.6 is 23.2 Å². The normalized spacial score (nSPS) is 10.1. The Hall–Kier alpha value is -2.24. The fourth-order valence-corrected chi connectivity index (χ4v) is 2.04. The highest BCUT2D eigenvalue weighted by Crippen LogP contribution is 2.25. The number of carboxylic acid groups (broad SMARTS) is 1. The molecule has 5 nitrogen and oxygen atoms in total. The van der Waals surface area contributed by atoms with Crippen molar-refractivity contribution in [1.82, 2.24) is 5.32 Å². The van der Waals surface area contributed by atoms with Gasteiger partial charge in [0.15, 0.2) is 0 Å². The van der Waals surface area contributed by atoms with Crippen LogP contribution in [0.4, 0.5) is 10.5 Å². The number of nitrogens with one attached hydrogen (secondary N) is 2. The maximum absolute atomic E-state index is 11.8. The summed E-state index contributed by atoms with van der Waals surface area (Å²) in [6.45, 7) is 0.254. The number of amides is 2. The molecule has 0 aliphatic carbocycles. The Morgan fingerprint density at radius 1 is 1.05 bits per heavy atom. The Kier molecular flexibility index (Phi) is 5.25. The van der Waals surface area contributed by atoms with Gasteiger partial charge in [0, 0.05) is 11.6 Å². The summed E-state index contributed by atoms with van der Waals surface area (Å²) in [7, 11) is 0. The van der Waals surface area contributed by atoms with Crippen molar-refractivity contribution >= 4 is 40.9 Å². The number of carbonyl (C=O) groups excluding carboxylic acids is 1. The highest BCUT2D eigenvalue weighted by atomic mass is 35.5. The lowest BCUT2D eigenvalue weighted by Crippen LogP contribution is -2.28. The minimum absolute atomic E-state index is 0.193. The Labute approximate surface area is 136 Å². The summed E-state index contributed by atoms with van der Waals surface area (Å²) < 4.78 is 0. The molecule has 0 unspecified atom stereocenters. The molecule has 2 aromatic carbocycles. The number of benzene rings is 2. The van der Waals surface area contributed by atoms with Crippen LogP contribution in [0.1, 0.15) is 15.9 Å². The van der Waals surface area contributed by atoms with Crippen LogP contribution in [0, 0.1) is 0 Å². The summed E-state index contributed by atoms with van der Waals surface area (Å²) >= 11 is 11.8. The number of carbonyl (C=O) groups is 2. The molecule has 0 radical (unpaired) electrons. The Morgan fingerprint density at radius 3 is 2.36 bits per heavy atom. The van der Waals surface area contributed by atoms with Crippen LogP contribution in [-0.4, -0.2) is 17.1 Å². The van der Waals surface area contributed by atoms with E-state index in [4.69, 9.17) is 28.3 Å². The summed E-state index contributed by atoms with van der Waals surface area (Å²) in [4.78, 5) is 22.5. The number of rotatable bonds is 4. The second-order valence-corrected chi connectivity index (χ2v) is 5.28. The van der Waals surface area contributed by atoms with E-state index in [1.807, 2.05) is 0 Å². The molecular weight excluding hydrogens is 327 g/mol. The molecule has 0 aliphatic heterocycles. The van der Waals surface area contributed by atoms with Gasteiger partial charge in [-0.1, -0.05) is 35.3 Å². The van der Waals surface area contributed by atoms with Crippen LogP contribution in [0.25, 0.3) is 0 Å². The van der Waals surface area contributed by atoms with E-state index in [2.05, 4.69) is 10.6 Å². The summed E-state index contributed by atoms with van der Waals surface area (Å²) in [6, 6.07) is 10.5. The van der Waals surface area contributed by atoms with E-state index in [1.165, 1.54) is 12.1 Å². The number of halogens is 2. The van der Waals surface area contributed by atoms with Crippen molar-refractivity contribution in [3.8, 4) is 0 Å². The minimum atomic E-state index is -0.993. The quantitative estimate of drug-likeness (QED) is 0.787. The van der Waals surface area contributed by atoms with Gasteiger partial charge < -0.3 is 15.7 Å². The van der Waals surface area contributed by atoms with E-state index in [1.54, 1.807) is 30.3 Å². The van der Waals surface area contributed by atoms with E-state index in [-0.39, 0.29) is 12.1 Å². The van der Waals surface area contributed by atoms with Gasteiger partial charge in [0.05, 0.1) is 16.3 Å². The monoisotopic (exact) mass is 338 g/mol. The van der Waals surface area contributed by atoms with Crippen LogP contribution in [0.2, 0.25) is 10.0 Å². The molecular formula is C15H12Cl2N2O3. The van der Waals surface area contributed by atoms with Gasteiger partial charge in [-0.25, -0.2) is 9.59 Å². The molecule has 2 amide bonds. The van der Waals surface area contributed by atoms with Crippen molar-refractivity contribution in [2.45, 2.75) is 6.54 Å². The predicted octanol–water partition coefficient (Wildman–Crippen LogP) is 4.01. The summed E-state index contributed by atoms with van der Waals surface area (Å²) in [5, 5.41) is 14.9. The Balaban J connectivity index is 1.92. The lowest BCUT2D eigenvalue weighted by atomic mass is 10.1. The number of urea groups is 1. The van der Waals surface area contributed by atoms with Crippen LogP contribution < -0.4 is 10.6 Å². The molecule has 0 bridgehead atoms. The number of hydrogen-bond donors (Lipinski definition) is 3. The van der Waals surface area contributed by atoms with Gasteiger partial charge >= 0.3 is 12.0 Å². The molecule has 2 rings (SSSR count). The van der Waals surface area contributed by atoms with E-state index < -0.39 is 12.0 Å². The molecule has 7 heteroatoms. The fourth-order valence-electron chi connectivity index (χ4n) is 1.71. The van der Waals surface area contributed by atoms with Gasteiger partial charge in [-0.3, -0.25) is 0 Å². The SMILES string of the molecule is O=C(NCc1ccc(C(=O)O)cc1)Nc1cc(Cl)ccc1Cl. The molecule has 0 atom stereocenters. The first kappa shape index (κ1) is 16.1. The summed E-state index contributed by atoms with van der Waals surface area (Å²) in [5.41, 5.74) is 1.38. The Morgan fingerprint density at radius 2 is 1.73 bits per heavy atom. The highest BCUT2D eigenvalue weighted by molar-refractivity contribution is 6.35. The smallest absolute Gasteiger partial charge is 0.335 e. The van der Waals surface area contributed by atoms with Gasteiger partial charge in [0.1, 0.15) is 0 Å². The highest BCUT2D eigenvalue weighted by Gasteiger charge is 2.07. The first-order chi connectivity index (χ1) is 10.5. The Bertz CT molecular complexity index is 702. The zero-order chi connectivity index (χ0) is 16.1. The van der Waals surface area contributed by atoms with E-state index in [9.17, 15) is 9.59 Å². The van der Waals surface area contributed by atoms with Crippen LogP contribution in [-0.2, 0) is 6.54 Å². The van der Waals surface area contributed by atoms with Gasteiger partial charge in [-0.2, -0.15) is 0 Å². The molecule has 114 valence electrons. The van der Waals surface area contributed by atoms with Gasteiger partial charge in [-0.15, -0.1) is 0 Å². The number of anilines is 1. The fraction of sp³-hybridized carbons (Fsp3) is 0.0667. The van der Waals surface area contributed by atoms with Crippen molar-refractivity contribution < 1.29 is 14.7 Å². The van der Waals surface area contributed by atoms with Gasteiger partial charge in [0.25, 0.3) is 0 Å². The standard InChI is InChI=1S/C15H12Cl2N2O3/c16-11-5-6-12(17)13(7-11)19-15(22)18-8-9-1-3-10(4-2-9)14(20)21/h1-7H,8H2,(H,20,21)(H2,18,19,22). The first-order valence-electron chi connectivity index (χ1n) is 6.28. The minimum Gasteiger partial charge on any atom is -0.478 e. The van der Waals surface area contributed by atoms with E-state index in [0.29, 0.717) is 15.7 Å². The molecule has 2 aromatic rings. The zero-order valence-corrected chi connectivity index (χ0v) is 12.8. The predicted molar refractivity (Wildman–Crippen MR) is 85.7 cm³/mol. The van der Waals surface area contributed by atoms with Crippen molar-refractivity contribution in [3.05, 3.63) is 63.6 Å². The second kappa shape index (κ2) is 7.15. The molecule has 0 saturated carbocycles. The molecule has 3 N–H and O–H groups in total. The van der Waals surface area contributed by atoms with Gasteiger partial charge in [0.2, 0.25) is 0 Å². The van der Waals surface area contributed by atoms with Gasteiger partial charge in [-0.05, 0) is 35.9 Å². The molecule has 0 fully saturated rings. The van der Waals surface area contributed by atoms with E-state index in [0.717, 1.165) is 5.56 Å². The average molecular weight is 339 g/mol. The number of hydrogen-bond acceptors (Lipinski definition) is 2. The topological polar surface area (TPSA) is 78.4 Å². The third kappa shape index (κ3) is 4.38. The van der Waals surface area contributed by atoms with Crippen LogP contribution in [0.3, 0.4) is 0 Å². The average Bonchev–Trinajstić information content (AvgIpc) is 2.49. The summed E-state index contributed by atoms with van der Waals surface area (Å²) in [5.74, 6) is -0.993. The third-order valence-electron chi connectivity index (χ3n) is 2.83. The van der Waals surface area contributed by atoms with Crippen molar-refractivity contribution in [2.24, 2.45) is 0 Å². The molecule has 0 saturated heterocycles. The lowest BCUT2D eigenvalue weighted by molar-refractivity contribution is 0.0697. The van der Waals surface area contributed by atoms with Crippen LogP contribution in [0.5, 0.6) is 0 Å². The maximum Gasteiger partial charge on any atom is 0.335 e. The molecule has 0 heterocycles. The zero-order valence-electron chi connectivity index (χ0n) is 11.3. The lowest BCUT2D eigenvalue weighted by Gasteiger charge is -2.09. The largest absolute Gasteiger partial charge is 0.478 e. The molecule has 0 spiro atoms. The van der Waals surface area contributed by atoms with Crippen molar-refractivity contribution in [3.63, 3.8) is 0 Å². The first-order valence-corrected chi connectivity index (χ1v) is 7.03. The number of aromatic carboxylic acids is 1. The van der Waals surface area contributed by atoms with Crippen LogP contribution in [0.15, 0.2) is 42.5 Å². The molecule has 0 aliphatic rings. The molecule has 0 aromatic heterocycles. The third-order valence-corrected chi connectivity index (χ3v) is 3.40. The second-order valence-electron chi connectivity index (χ2n) is 4.43.